The lowest BCUT2D eigenvalue weighted by atomic mass is 9.99. The summed E-state index contributed by atoms with van der Waals surface area (Å²) in [5, 5.41) is 10.6. The van der Waals surface area contributed by atoms with Gasteiger partial charge in [0.2, 0.25) is 0 Å². The van der Waals surface area contributed by atoms with Crippen molar-refractivity contribution in [2.45, 2.75) is 426 Å². The maximum Gasteiger partial charge on any atom is 0.472 e. The van der Waals surface area contributed by atoms with Gasteiger partial charge in [-0.05, 0) is 43.4 Å². The lowest BCUT2D eigenvalue weighted by Crippen LogP contribution is -2.30. The normalized spacial score (nSPS) is 14.6. The molecular formula is C79H154O17P2. The van der Waals surface area contributed by atoms with E-state index in [4.69, 9.17) is 37.0 Å². The van der Waals surface area contributed by atoms with Gasteiger partial charge in [0.25, 0.3) is 0 Å². The molecule has 19 heteroatoms. The van der Waals surface area contributed by atoms with Crippen LogP contribution in [-0.2, 0) is 65.4 Å². The number of phosphoric acid groups is 2. The Hall–Kier alpha value is -1.94. The zero-order valence-corrected chi connectivity index (χ0v) is 66.0. The van der Waals surface area contributed by atoms with Crippen LogP contribution in [0.3, 0.4) is 0 Å². The molecule has 0 amide bonds. The molecule has 98 heavy (non-hydrogen) atoms. The number of phosphoric ester groups is 2. The Labute approximate surface area is 600 Å². The molecule has 0 aromatic heterocycles. The van der Waals surface area contributed by atoms with Crippen LogP contribution in [0.1, 0.15) is 408 Å². The second kappa shape index (κ2) is 69.4. The van der Waals surface area contributed by atoms with Crippen LogP contribution in [0.15, 0.2) is 0 Å². The maximum absolute atomic E-state index is 13.1. The highest BCUT2D eigenvalue weighted by Gasteiger charge is 2.30. The molecule has 3 N–H and O–H groups in total. The number of ether oxygens (including phenoxy) is 4. The minimum absolute atomic E-state index is 0.106. The van der Waals surface area contributed by atoms with Crippen LogP contribution < -0.4 is 0 Å². The molecule has 0 aliphatic rings. The van der Waals surface area contributed by atoms with Crippen molar-refractivity contribution < 1.29 is 80.2 Å². The molecule has 582 valence electrons. The van der Waals surface area contributed by atoms with E-state index >= 15 is 0 Å². The lowest BCUT2D eigenvalue weighted by Gasteiger charge is -2.21. The number of hydrogen-bond acceptors (Lipinski definition) is 15. The Morgan fingerprint density at radius 1 is 0.296 bits per heavy atom. The number of aliphatic hydroxyl groups excluding tert-OH is 1. The van der Waals surface area contributed by atoms with Gasteiger partial charge in [0.1, 0.15) is 19.3 Å². The fraction of sp³-hybridized carbons (Fsp3) is 0.949. The van der Waals surface area contributed by atoms with Crippen LogP contribution in [0.5, 0.6) is 0 Å². The first-order chi connectivity index (χ1) is 47.3. The average Bonchev–Trinajstić information content (AvgIpc) is 1.72. The molecule has 0 radical (unpaired) electrons. The first-order valence-electron chi connectivity index (χ1n) is 40.9. The monoisotopic (exact) mass is 1440 g/mol. The molecule has 0 fully saturated rings. The van der Waals surface area contributed by atoms with Gasteiger partial charge in [0.05, 0.1) is 26.4 Å². The third-order valence-corrected chi connectivity index (χ3v) is 21.0. The quantitative estimate of drug-likeness (QED) is 0.0222. The van der Waals surface area contributed by atoms with Gasteiger partial charge in [-0.25, -0.2) is 9.13 Å². The van der Waals surface area contributed by atoms with Crippen LogP contribution >= 0.6 is 15.6 Å². The Bertz CT molecular complexity index is 1910. The largest absolute Gasteiger partial charge is 0.472 e. The van der Waals surface area contributed by atoms with Crippen LogP contribution in [0.25, 0.3) is 0 Å². The van der Waals surface area contributed by atoms with Crippen molar-refractivity contribution in [3.63, 3.8) is 0 Å². The van der Waals surface area contributed by atoms with Gasteiger partial charge < -0.3 is 33.8 Å². The van der Waals surface area contributed by atoms with E-state index in [1.165, 1.54) is 218 Å². The lowest BCUT2D eigenvalue weighted by molar-refractivity contribution is -0.161. The Balaban J connectivity index is 5.27. The van der Waals surface area contributed by atoms with Crippen molar-refractivity contribution in [3.8, 4) is 0 Å². The minimum atomic E-state index is -4.96. The van der Waals surface area contributed by atoms with Gasteiger partial charge in [0.15, 0.2) is 12.2 Å². The summed E-state index contributed by atoms with van der Waals surface area (Å²) in [6.07, 6.45) is 56.7. The van der Waals surface area contributed by atoms with E-state index in [1.807, 2.05) is 0 Å². The van der Waals surface area contributed by atoms with E-state index in [2.05, 4.69) is 48.5 Å². The Kier molecular flexibility index (Phi) is 68.1. The summed E-state index contributed by atoms with van der Waals surface area (Å²) in [6.45, 7) is 12.0. The second-order valence-corrected chi connectivity index (χ2v) is 32.3. The van der Waals surface area contributed by atoms with Crippen LogP contribution in [0.4, 0.5) is 0 Å². The first kappa shape index (κ1) is 96.1. The third-order valence-electron chi connectivity index (χ3n) is 19.1. The molecule has 0 aromatic rings. The molecular weight excluding hydrogens is 1280 g/mol. The number of unbranched alkanes of at least 4 members (excludes halogenated alkanes) is 43. The van der Waals surface area contributed by atoms with E-state index in [9.17, 15) is 43.2 Å². The zero-order valence-electron chi connectivity index (χ0n) is 64.3. The molecule has 7 atom stereocenters. The van der Waals surface area contributed by atoms with Gasteiger partial charge in [-0.2, -0.15) is 0 Å². The topological polar surface area (TPSA) is 237 Å². The SMILES string of the molecule is CCCCCCCCCCCCCCCCCCCCC(=O)O[C@H](COC(=O)CCCCCCCCCCCCC(C)CC)COP(=O)(O)OC[C@@H](O)COP(=O)(O)OC[C@@H](COC(=O)CCCCCCCCCCCC(C)C)OC(=O)CCCCCCCCCCCCC(C)CC. The van der Waals surface area contributed by atoms with E-state index in [-0.39, 0.29) is 25.7 Å². The summed E-state index contributed by atoms with van der Waals surface area (Å²) in [6, 6.07) is 0. The molecule has 0 aliphatic carbocycles. The molecule has 0 saturated heterocycles. The number of aliphatic hydroxyl groups is 1. The highest BCUT2D eigenvalue weighted by atomic mass is 31.2. The summed E-state index contributed by atoms with van der Waals surface area (Å²) in [7, 11) is -9.92. The van der Waals surface area contributed by atoms with Gasteiger partial charge in [-0.3, -0.25) is 37.3 Å². The molecule has 0 saturated carbocycles. The predicted molar refractivity (Wildman–Crippen MR) is 400 cm³/mol. The molecule has 17 nitrogen and oxygen atoms in total. The van der Waals surface area contributed by atoms with E-state index in [0.717, 1.165) is 108 Å². The first-order valence-corrected chi connectivity index (χ1v) is 43.9. The molecule has 0 bridgehead atoms. The Morgan fingerprint density at radius 3 is 0.776 bits per heavy atom. The van der Waals surface area contributed by atoms with Crippen molar-refractivity contribution >= 4 is 39.5 Å². The van der Waals surface area contributed by atoms with Crippen molar-refractivity contribution in [1.82, 2.24) is 0 Å². The summed E-state index contributed by atoms with van der Waals surface area (Å²) < 4.78 is 68.7. The fourth-order valence-corrected chi connectivity index (χ4v) is 13.6. The summed E-state index contributed by atoms with van der Waals surface area (Å²) in [5.41, 5.74) is 0. The number of carbonyl (C=O) groups excluding carboxylic acids is 4. The van der Waals surface area contributed by atoms with Crippen molar-refractivity contribution in [2.24, 2.45) is 17.8 Å². The van der Waals surface area contributed by atoms with Crippen LogP contribution in [0.2, 0.25) is 0 Å². The van der Waals surface area contributed by atoms with Gasteiger partial charge in [-0.15, -0.1) is 0 Å². The standard InChI is InChI=1S/C79H154O17P2/c1-8-11-12-13-14-15-16-17-18-19-20-21-22-23-33-41-48-55-62-78(83)95-74(66-89-76(81)60-53-46-39-32-26-24-30-37-44-51-58-71(6)9-2)68-93-97(85,86)91-64-73(80)65-92-98(87,88)94-69-75(67-90-77(82)61-54-47-40-35-28-29-36-43-50-57-70(4)5)96-79(84)63-56-49-42-34-27-25-31-38-45-52-59-72(7)10-3/h70-75,80H,8-69H2,1-7H3,(H,85,86)(H,87,88)/t71?,72?,73-,74-,75-/m1/s1. The maximum atomic E-state index is 13.1. The third kappa shape index (κ3) is 69.8. The molecule has 0 rings (SSSR count). The zero-order chi connectivity index (χ0) is 72.3. The smallest absolute Gasteiger partial charge is 0.462 e. The highest BCUT2D eigenvalue weighted by Crippen LogP contribution is 2.45. The van der Waals surface area contributed by atoms with Crippen LogP contribution in [-0.4, -0.2) is 96.7 Å². The molecule has 0 aliphatic heterocycles. The minimum Gasteiger partial charge on any atom is -0.462 e. The summed E-state index contributed by atoms with van der Waals surface area (Å²) >= 11 is 0. The summed E-state index contributed by atoms with van der Waals surface area (Å²) in [4.78, 5) is 73.0. The average molecular weight is 1440 g/mol. The number of carbonyl (C=O) groups is 4. The molecule has 0 aromatic carbocycles. The van der Waals surface area contributed by atoms with E-state index in [1.54, 1.807) is 0 Å². The molecule has 4 unspecified atom stereocenters. The number of rotatable bonds is 77. The van der Waals surface area contributed by atoms with Gasteiger partial charge in [-0.1, -0.05) is 357 Å². The van der Waals surface area contributed by atoms with Crippen molar-refractivity contribution in [2.75, 3.05) is 39.6 Å². The van der Waals surface area contributed by atoms with Crippen LogP contribution in [0, 0.1) is 17.8 Å². The summed E-state index contributed by atoms with van der Waals surface area (Å²) in [5.74, 6) is 0.243. The van der Waals surface area contributed by atoms with Crippen molar-refractivity contribution in [3.05, 3.63) is 0 Å². The molecule has 0 spiro atoms. The van der Waals surface area contributed by atoms with Gasteiger partial charge >= 0.3 is 39.5 Å². The second-order valence-electron chi connectivity index (χ2n) is 29.4. The van der Waals surface area contributed by atoms with Gasteiger partial charge in [0, 0.05) is 25.7 Å². The predicted octanol–water partition coefficient (Wildman–Crippen LogP) is 23.4. The Morgan fingerprint density at radius 2 is 0.520 bits per heavy atom. The highest BCUT2D eigenvalue weighted by molar-refractivity contribution is 7.47. The van der Waals surface area contributed by atoms with Crippen molar-refractivity contribution in [1.29, 1.82) is 0 Å². The van der Waals surface area contributed by atoms with E-state index < -0.39 is 97.5 Å². The molecule has 0 heterocycles. The van der Waals surface area contributed by atoms with E-state index in [0.29, 0.717) is 25.7 Å². The fourth-order valence-electron chi connectivity index (χ4n) is 12.1. The number of esters is 4. The number of hydrogen-bond donors (Lipinski definition) is 3.